The van der Waals surface area contributed by atoms with Gasteiger partial charge in [0.15, 0.2) is 5.90 Å². The minimum Gasteiger partial charge on any atom is -0.478 e. The molecular formula is C11H19NO3. The maximum Gasteiger partial charge on any atom is 0.305 e. The Morgan fingerprint density at radius 2 is 2.27 bits per heavy atom. The van der Waals surface area contributed by atoms with Crippen LogP contribution in [0.3, 0.4) is 0 Å². The second kappa shape index (κ2) is 5.14. The van der Waals surface area contributed by atoms with E-state index in [0.29, 0.717) is 19.6 Å². The van der Waals surface area contributed by atoms with Crippen LogP contribution >= 0.6 is 0 Å². The van der Waals surface area contributed by atoms with Gasteiger partial charge in [0.2, 0.25) is 0 Å². The largest absolute Gasteiger partial charge is 0.478 e. The van der Waals surface area contributed by atoms with Gasteiger partial charge in [-0.1, -0.05) is 20.8 Å². The van der Waals surface area contributed by atoms with Gasteiger partial charge in [0.1, 0.15) is 18.8 Å². The molecule has 1 unspecified atom stereocenters. The number of nitrogens with zero attached hydrogens (tertiary/aromatic N) is 1. The zero-order chi connectivity index (χ0) is 11.3. The van der Waals surface area contributed by atoms with E-state index in [0.717, 1.165) is 18.7 Å². The number of esters is 1. The van der Waals surface area contributed by atoms with Gasteiger partial charge >= 0.3 is 5.97 Å². The number of aliphatic imine (C=N–C) groups is 1. The fourth-order valence-corrected chi connectivity index (χ4v) is 1.40. The number of hydrogen-bond donors (Lipinski definition) is 0. The standard InChI is InChI=1S/C11H19NO3/c1-4-9-12-11(6-3,7-14-9)8-15-10(13)5-2/h4-8H2,1-3H3. The van der Waals surface area contributed by atoms with Crippen LogP contribution in [0.15, 0.2) is 4.99 Å². The first-order chi connectivity index (χ1) is 7.15. The molecule has 0 N–H and O–H groups in total. The third-order valence-electron chi connectivity index (χ3n) is 2.62. The van der Waals surface area contributed by atoms with Gasteiger partial charge in [-0.2, -0.15) is 0 Å². The average molecular weight is 213 g/mol. The summed E-state index contributed by atoms with van der Waals surface area (Å²) in [6.45, 7) is 6.68. The van der Waals surface area contributed by atoms with Crippen LogP contribution in [0.25, 0.3) is 0 Å². The highest BCUT2D eigenvalue weighted by molar-refractivity contribution is 5.78. The summed E-state index contributed by atoms with van der Waals surface area (Å²) < 4.78 is 10.6. The summed E-state index contributed by atoms with van der Waals surface area (Å²) in [6, 6.07) is 0. The van der Waals surface area contributed by atoms with E-state index >= 15 is 0 Å². The van der Waals surface area contributed by atoms with Crippen molar-refractivity contribution >= 4 is 11.9 Å². The van der Waals surface area contributed by atoms with Crippen LogP contribution in [-0.4, -0.2) is 30.6 Å². The Bertz CT molecular complexity index is 263. The summed E-state index contributed by atoms with van der Waals surface area (Å²) in [4.78, 5) is 15.5. The van der Waals surface area contributed by atoms with Gasteiger partial charge in [0.05, 0.1) is 0 Å². The van der Waals surface area contributed by atoms with Crippen LogP contribution in [0.1, 0.15) is 40.0 Å². The molecule has 0 saturated heterocycles. The Hall–Kier alpha value is -1.06. The fraction of sp³-hybridized carbons (Fsp3) is 0.818. The normalized spacial score (nSPS) is 24.6. The Kier molecular flexibility index (Phi) is 4.12. The topological polar surface area (TPSA) is 47.9 Å². The molecule has 0 radical (unpaired) electrons. The van der Waals surface area contributed by atoms with Gasteiger partial charge < -0.3 is 9.47 Å². The maximum atomic E-state index is 11.1. The van der Waals surface area contributed by atoms with Crippen molar-refractivity contribution in [2.75, 3.05) is 13.2 Å². The van der Waals surface area contributed by atoms with Crippen LogP contribution in [-0.2, 0) is 14.3 Å². The van der Waals surface area contributed by atoms with E-state index in [2.05, 4.69) is 4.99 Å². The lowest BCUT2D eigenvalue weighted by Crippen LogP contribution is -2.34. The van der Waals surface area contributed by atoms with E-state index in [1.807, 2.05) is 13.8 Å². The third-order valence-corrected chi connectivity index (χ3v) is 2.62. The molecule has 4 heteroatoms. The van der Waals surface area contributed by atoms with Gasteiger partial charge in [-0.3, -0.25) is 4.79 Å². The van der Waals surface area contributed by atoms with Crippen molar-refractivity contribution in [2.45, 2.75) is 45.6 Å². The van der Waals surface area contributed by atoms with Crippen molar-refractivity contribution < 1.29 is 14.3 Å². The summed E-state index contributed by atoms with van der Waals surface area (Å²) in [5, 5.41) is 0. The van der Waals surface area contributed by atoms with Gasteiger partial charge in [-0.15, -0.1) is 0 Å². The molecule has 0 spiro atoms. The SMILES string of the molecule is CCC(=O)OCC1(CC)COC(CC)=N1. The lowest BCUT2D eigenvalue weighted by Gasteiger charge is -2.21. The Labute approximate surface area is 90.7 Å². The van der Waals surface area contributed by atoms with Gasteiger partial charge in [0.25, 0.3) is 0 Å². The summed E-state index contributed by atoms with van der Waals surface area (Å²) in [5.41, 5.74) is -0.337. The molecule has 0 amide bonds. The van der Waals surface area contributed by atoms with Crippen molar-refractivity contribution in [1.29, 1.82) is 0 Å². The van der Waals surface area contributed by atoms with Crippen molar-refractivity contribution in [2.24, 2.45) is 4.99 Å². The van der Waals surface area contributed by atoms with Gasteiger partial charge in [0, 0.05) is 12.8 Å². The van der Waals surface area contributed by atoms with Crippen molar-refractivity contribution in [3.63, 3.8) is 0 Å². The van der Waals surface area contributed by atoms with E-state index in [-0.39, 0.29) is 11.5 Å². The molecule has 1 aliphatic rings. The summed E-state index contributed by atoms with van der Waals surface area (Å²) in [6.07, 6.45) is 2.03. The first-order valence-corrected chi connectivity index (χ1v) is 5.53. The fourth-order valence-electron chi connectivity index (χ4n) is 1.40. The Morgan fingerprint density at radius 3 is 2.73 bits per heavy atom. The van der Waals surface area contributed by atoms with E-state index in [1.165, 1.54) is 0 Å². The maximum absolute atomic E-state index is 11.1. The van der Waals surface area contributed by atoms with E-state index < -0.39 is 0 Å². The molecule has 0 aromatic heterocycles. The van der Waals surface area contributed by atoms with Crippen LogP contribution in [0.2, 0.25) is 0 Å². The first-order valence-electron chi connectivity index (χ1n) is 5.53. The number of carbonyl (C=O) groups is 1. The average Bonchev–Trinajstić information content (AvgIpc) is 2.70. The minimum absolute atomic E-state index is 0.178. The third kappa shape index (κ3) is 2.94. The molecule has 1 atom stereocenters. The Balaban J connectivity index is 2.55. The predicted octanol–water partition coefficient (Wildman–Crippen LogP) is 1.93. The summed E-state index contributed by atoms with van der Waals surface area (Å²) in [5.74, 6) is 0.590. The predicted molar refractivity (Wildman–Crippen MR) is 58.0 cm³/mol. The number of ether oxygens (including phenoxy) is 2. The number of carbonyl (C=O) groups excluding carboxylic acids is 1. The van der Waals surface area contributed by atoms with Crippen molar-refractivity contribution in [1.82, 2.24) is 0 Å². The van der Waals surface area contributed by atoms with Crippen LogP contribution in [0.4, 0.5) is 0 Å². The Morgan fingerprint density at radius 1 is 1.53 bits per heavy atom. The van der Waals surface area contributed by atoms with E-state index in [1.54, 1.807) is 6.92 Å². The summed E-state index contributed by atoms with van der Waals surface area (Å²) >= 11 is 0. The monoisotopic (exact) mass is 213 g/mol. The minimum atomic E-state index is -0.337. The first kappa shape index (κ1) is 12.0. The second-order valence-electron chi connectivity index (χ2n) is 3.74. The van der Waals surface area contributed by atoms with Crippen LogP contribution in [0, 0.1) is 0 Å². The zero-order valence-electron chi connectivity index (χ0n) is 9.71. The van der Waals surface area contributed by atoms with E-state index in [9.17, 15) is 4.79 Å². The number of rotatable bonds is 5. The molecule has 15 heavy (non-hydrogen) atoms. The molecule has 1 rings (SSSR count). The molecule has 0 aliphatic carbocycles. The van der Waals surface area contributed by atoms with Gasteiger partial charge in [-0.25, -0.2) is 4.99 Å². The lowest BCUT2D eigenvalue weighted by atomic mass is 10.0. The lowest BCUT2D eigenvalue weighted by molar-refractivity contribution is -0.145. The molecule has 0 aromatic carbocycles. The number of hydrogen-bond acceptors (Lipinski definition) is 4. The molecule has 0 bridgehead atoms. The molecular weight excluding hydrogens is 194 g/mol. The molecule has 0 aromatic rings. The smallest absolute Gasteiger partial charge is 0.305 e. The van der Waals surface area contributed by atoms with Crippen molar-refractivity contribution in [3.05, 3.63) is 0 Å². The quantitative estimate of drug-likeness (QED) is 0.655. The second-order valence-corrected chi connectivity index (χ2v) is 3.74. The van der Waals surface area contributed by atoms with Gasteiger partial charge in [-0.05, 0) is 6.42 Å². The van der Waals surface area contributed by atoms with Crippen LogP contribution < -0.4 is 0 Å². The molecule has 0 saturated carbocycles. The highest BCUT2D eigenvalue weighted by Crippen LogP contribution is 2.24. The highest BCUT2D eigenvalue weighted by Gasteiger charge is 2.35. The highest BCUT2D eigenvalue weighted by atomic mass is 16.5. The molecule has 0 fully saturated rings. The molecule has 86 valence electrons. The van der Waals surface area contributed by atoms with Crippen LogP contribution in [0.5, 0.6) is 0 Å². The molecule has 4 nitrogen and oxygen atoms in total. The zero-order valence-corrected chi connectivity index (χ0v) is 9.71. The van der Waals surface area contributed by atoms with Crippen molar-refractivity contribution in [3.8, 4) is 0 Å². The molecule has 1 heterocycles. The van der Waals surface area contributed by atoms with E-state index in [4.69, 9.17) is 9.47 Å². The summed E-state index contributed by atoms with van der Waals surface area (Å²) in [7, 11) is 0. The molecule has 1 aliphatic heterocycles.